The monoisotopic (exact) mass is 315 g/mol. The molecule has 3 rings (SSSR count). The van der Waals surface area contributed by atoms with Crippen LogP contribution in [0.4, 0.5) is 5.69 Å². The van der Waals surface area contributed by atoms with Crippen molar-refractivity contribution in [1.82, 2.24) is 10.2 Å². The highest BCUT2D eigenvalue weighted by atomic mass is 16.2. The Kier molecular flexibility index (Phi) is 4.60. The van der Waals surface area contributed by atoms with Crippen LogP contribution in [0, 0.1) is 0 Å². The minimum atomic E-state index is -0.513. The van der Waals surface area contributed by atoms with Crippen molar-refractivity contribution in [1.29, 1.82) is 0 Å². The molecule has 122 valence electrons. The Hall–Kier alpha value is -2.37. The summed E-state index contributed by atoms with van der Waals surface area (Å²) in [7, 11) is 0. The predicted octanol–water partition coefficient (Wildman–Crippen LogP) is 1.53. The predicted molar refractivity (Wildman–Crippen MR) is 86.0 cm³/mol. The SMILES string of the molecule is O=C1CCC(C(=O)Nc2ccccc2C(=O)N2CCCCC2)N1. The van der Waals surface area contributed by atoms with Gasteiger partial charge in [0.05, 0.1) is 11.3 Å². The number of hydrogen-bond donors (Lipinski definition) is 2. The molecule has 2 saturated heterocycles. The molecule has 2 heterocycles. The second-order valence-electron chi connectivity index (χ2n) is 6.05. The molecule has 1 aromatic carbocycles. The van der Waals surface area contributed by atoms with Gasteiger partial charge in [-0.25, -0.2) is 0 Å². The summed E-state index contributed by atoms with van der Waals surface area (Å²) in [5, 5.41) is 5.43. The molecule has 1 atom stereocenters. The quantitative estimate of drug-likeness (QED) is 0.888. The molecule has 0 aliphatic carbocycles. The first-order chi connectivity index (χ1) is 11.1. The Morgan fingerprint density at radius 2 is 1.87 bits per heavy atom. The molecular formula is C17H21N3O3. The second-order valence-corrected chi connectivity index (χ2v) is 6.05. The van der Waals surface area contributed by atoms with Gasteiger partial charge in [0, 0.05) is 19.5 Å². The number of likely N-dealkylation sites (tertiary alicyclic amines) is 1. The van der Waals surface area contributed by atoms with E-state index in [2.05, 4.69) is 10.6 Å². The number of amides is 3. The lowest BCUT2D eigenvalue weighted by Crippen LogP contribution is -2.39. The summed E-state index contributed by atoms with van der Waals surface area (Å²) in [6.07, 6.45) is 4.06. The van der Waals surface area contributed by atoms with Gasteiger partial charge in [-0.1, -0.05) is 12.1 Å². The smallest absolute Gasteiger partial charge is 0.255 e. The van der Waals surface area contributed by atoms with Crippen molar-refractivity contribution in [2.24, 2.45) is 0 Å². The largest absolute Gasteiger partial charge is 0.344 e. The summed E-state index contributed by atoms with van der Waals surface area (Å²) in [6.45, 7) is 1.53. The molecule has 0 spiro atoms. The third-order valence-electron chi connectivity index (χ3n) is 4.37. The van der Waals surface area contributed by atoms with E-state index >= 15 is 0 Å². The van der Waals surface area contributed by atoms with Crippen LogP contribution in [0.5, 0.6) is 0 Å². The van der Waals surface area contributed by atoms with E-state index in [-0.39, 0.29) is 17.7 Å². The maximum atomic E-state index is 12.7. The maximum absolute atomic E-state index is 12.7. The Balaban J connectivity index is 1.73. The standard InChI is InChI=1S/C17H21N3O3/c21-15-9-8-14(18-15)16(22)19-13-7-3-2-6-12(13)17(23)20-10-4-1-5-11-20/h2-3,6-7,14H,1,4-5,8-11H2,(H,18,21)(H,19,22). The van der Waals surface area contributed by atoms with Gasteiger partial charge < -0.3 is 15.5 Å². The van der Waals surface area contributed by atoms with E-state index < -0.39 is 6.04 Å². The van der Waals surface area contributed by atoms with Crippen LogP contribution in [-0.4, -0.2) is 41.8 Å². The van der Waals surface area contributed by atoms with Crippen LogP contribution < -0.4 is 10.6 Å². The lowest BCUT2D eigenvalue weighted by atomic mass is 10.1. The number of carbonyl (C=O) groups excluding carboxylic acids is 3. The molecule has 0 radical (unpaired) electrons. The fraction of sp³-hybridized carbons (Fsp3) is 0.471. The van der Waals surface area contributed by atoms with Crippen molar-refractivity contribution < 1.29 is 14.4 Å². The summed E-state index contributed by atoms with van der Waals surface area (Å²) < 4.78 is 0. The van der Waals surface area contributed by atoms with Gasteiger partial charge in [-0.2, -0.15) is 0 Å². The molecule has 2 aliphatic heterocycles. The van der Waals surface area contributed by atoms with E-state index in [1.165, 1.54) is 0 Å². The molecule has 6 nitrogen and oxygen atoms in total. The van der Waals surface area contributed by atoms with E-state index in [9.17, 15) is 14.4 Å². The molecular weight excluding hydrogens is 294 g/mol. The number of nitrogens with zero attached hydrogens (tertiary/aromatic N) is 1. The first-order valence-electron chi connectivity index (χ1n) is 8.13. The first-order valence-corrected chi connectivity index (χ1v) is 8.13. The molecule has 1 unspecified atom stereocenters. The molecule has 6 heteroatoms. The van der Waals surface area contributed by atoms with Gasteiger partial charge in [-0.3, -0.25) is 14.4 Å². The molecule has 0 saturated carbocycles. The van der Waals surface area contributed by atoms with Crippen molar-refractivity contribution in [3.05, 3.63) is 29.8 Å². The van der Waals surface area contributed by atoms with Gasteiger partial charge >= 0.3 is 0 Å². The molecule has 2 aliphatic rings. The molecule has 0 bridgehead atoms. The third-order valence-corrected chi connectivity index (χ3v) is 4.37. The van der Waals surface area contributed by atoms with Gasteiger partial charge in [-0.15, -0.1) is 0 Å². The number of benzene rings is 1. The summed E-state index contributed by atoms with van der Waals surface area (Å²) in [6, 6.07) is 6.53. The number of carbonyl (C=O) groups is 3. The minimum absolute atomic E-state index is 0.0453. The van der Waals surface area contributed by atoms with Crippen molar-refractivity contribution in [2.45, 2.75) is 38.1 Å². The van der Waals surface area contributed by atoms with Crippen LogP contribution in [0.3, 0.4) is 0 Å². The fourth-order valence-electron chi connectivity index (χ4n) is 3.08. The van der Waals surface area contributed by atoms with E-state index in [1.807, 2.05) is 4.90 Å². The van der Waals surface area contributed by atoms with Crippen molar-refractivity contribution >= 4 is 23.4 Å². The Morgan fingerprint density at radius 1 is 1.13 bits per heavy atom. The summed E-state index contributed by atoms with van der Waals surface area (Å²) >= 11 is 0. The van der Waals surface area contributed by atoms with Crippen LogP contribution in [-0.2, 0) is 9.59 Å². The Labute approximate surface area is 135 Å². The molecule has 3 amide bonds. The molecule has 2 fully saturated rings. The van der Waals surface area contributed by atoms with E-state index in [0.29, 0.717) is 24.1 Å². The molecule has 1 aromatic rings. The van der Waals surface area contributed by atoms with E-state index in [0.717, 1.165) is 32.4 Å². The highest BCUT2D eigenvalue weighted by Crippen LogP contribution is 2.21. The average Bonchev–Trinajstić information content (AvgIpc) is 3.02. The average molecular weight is 315 g/mol. The number of para-hydroxylation sites is 1. The van der Waals surface area contributed by atoms with Crippen LogP contribution in [0.2, 0.25) is 0 Å². The summed E-state index contributed by atoms with van der Waals surface area (Å²) in [4.78, 5) is 38.0. The Bertz CT molecular complexity index is 623. The zero-order chi connectivity index (χ0) is 16.2. The summed E-state index contributed by atoms with van der Waals surface area (Å²) in [5.74, 6) is -0.423. The highest BCUT2D eigenvalue weighted by Gasteiger charge is 2.28. The van der Waals surface area contributed by atoms with Gasteiger partial charge in [-0.05, 0) is 37.8 Å². The third kappa shape index (κ3) is 3.52. The minimum Gasteiger partial charge on any atom is -0.344 e. The zero-order valence-electron chi connectivity index (χ0n) is 13.0. The van der Waals surface area contributed by atoms with Crippen LogP contribution in [0.25, 0.3) is 0 Å². The van der Waals surface area contributed by atoms with E-state index in [1.54, 1.807) is 24.3 Å². The lowest BCUT2D eigenvalue weighted by molar-refractivity contribution is -0.122. The number of rotatable bonds is 3. The normalized spacial score (nSPS) is 21.0. The van der Waals surface area contributed by atoms with Gasteiger partial charge in [0.25, 0.3) is 5.91 Å². The van der Waals surface area contributed by atoms with E-state index in [4.69, 9.17) is 0 Å². The van der Waals surface area contributed by atoms with Crippen LogP contribution >= 0.6 is 0 Å². The van der Waals surface area contributed by atoms with Gasteiger partial charge in [0.2, 0.25) is 11.8 Å². The van der Waals surface area contributed by atoms with Crippen LogP contribution in [0.1, 0.15) is 42.5 Å². The summed E-state index contributed by atoms with van der Waals surface area (Å²) in [5.41, 5.74) is 1.02. The van der Waals surface area contributed by atoms with Gasteiger partial charge in [0.15, 0.2) is 0 Å². The van der Waals surface area contributed by atoms with Gasteiger partial charge in [0.1, 0.15) is 6.04 Å². The molecule has 23 heavy (non-hydrogen) atoms. The maximum Gasteiger partial charge on any atom is 0.255 e. The molecule has 2 N–H and O–H groups in total. The highest BCUT2D eigenvalue weighted by molar-refractivity contribution is 6.06. The van der Waals surface area contributed by atoms with Crippen molar-refractivity contribution in [3.8, 4) is 0 Å². The number of hydrogen-bond acceptors (Lipinski definition) is 3. The first kappa shape index (κ1) is 15.5. The number of anilines is 1. The Morgan fingerprint density at radius 3 is 2.57 bits per heavy atom. The topological polar surface area (TPSA) is 78.5 Å². The lowest BCUT2D eigenvalue weighted by Gasteiger charge is -2.27. The van der Waals surface area contributed by atoms with Crippen molar-refractivity contribution in [2.75, 3.05) is 18.4 Å². The molecule has 0 aromatic heterocycles. The zero-order valence-corrected chi connectivity index (χ0v) is 13.0. The van der Waals surface area contributed by atoms with Crippen molar-refractivity contribution in [3.63, 3.8) is 0 Å². The fourth-order valence-corrected chi connectivity index (χ4v) is 3.08. The van der Waals surface area contributed by atoms with Crippen LogP contribution in [0.15, 0.2) is 24.3 Å². The second kappa shape index (κ2) is 6.81. The number of piperidine rings is 1. The number of nitrogens with one attached hydrogen (secondary N) is 2.